The normalized spacial score (nSPS) is 32.6. The Morgan fingerprint density at radius 2 is 1.66 bits per heavy atom. The van der Waals surface area contributed by atoms with E-state index in [0.717, 1.165) is 18.5 Å². The van der Waals surface area contributed by atoms with Gasteiger partial charge < -0.3 is 24.5 Å². The number of nitrogens with zero attached hydrogens (tertiary/aromatic N) is 3. The highest BCUT2D eigenvalue weighted by molar-refractivity contribution is 6.04. The molecule has 4 aliphatic heterocycles. The maximum atomic E-state index is 14.7. The Morgan fingerprint density at radius 1 is 0.951 bits per heavy atom. The van der Waals surface area contributed by atoms with Gasteiger partial charge >= 0.3 is 0 Å². The molecular weight excluding hydrogens is 518 g/mol. The standard InChI is InChI=1S/C33H45N3O5/c1-6-13-23(5)34-18-12-17-33-27(30(39)36(28(33)31(34)40)25(21-37)20-22(3)4)26-29(38)35(24-14-9-8-10-15-24)19-11-16-32(26,7-2)41-33/h8-12,14-17,22-23,25-28,37H,6-7,13,18-21H2,1-5H3/t23?,25-,26-,27+,28?,32+,33+/m1/s1. The molecule has 0 aliphatic carbocycles. The molecule has 0 aromatic heterocycles. The van der Waals surface area contributed by atoms with E-state index >= 15 is 0 Å². The van der Waals surface area contributed by atoms with E-state index in [-0.39, 0.29) is 36.3 Å². The molecule has 8 nitrogen and oxygen atoms in total. The average Bonchev–Trinajstić information content (AvgIpc) is 3.25. The van der Waals surface area contributed by atoms with E-state index in [2.05, 4.69) is 6.92 Å². The van der Waals surface area contributed by atoms with E-state index in [1.54, 1.807) is 9.80 Å². The van der Waals surface area contributed by atoms with Crippen LogP contribution in [-0.4, -0.2) is 81.7 Å². The molecule has 0 bridgehead atoms. The summed E-state index contributed by atoms with van der Waals surface area (Å²) in [6, 6.07) is 7.94. The zero-order chi connectivity index (χ0) is 29.5. The third-order valence-electron chi connectivity index (χ3n) is 9.56. The van der Waals surface area contributed by atoms with Gasteiger partial charge in [-0.2, -0.15) is 0 Å². The lowest BCUT2D eigenvalue weighted by Crippen LogP contribution is -2.60. The fourth-order valence-corrected chi connectivity index (χ4v) is 7.74. The third kappa shape index (κ3) is 4.63. The van der Waals surface area contributed by atoms with E-state index in [9.17, 15) is 19.5 Å². The van der Waals surface area contributed by atoms with Gasteiger partial charge in [0.05, 0.1) is 30.1 Å². The smallest absolute Gasteiger partial charge is 0.249 e. The van der Waals surface area contributed by atoms with Gasteiger partial charge in [-0.3, -0.25) is 14.4 Å². The molecule has 8 heteroatoms. The first-order valence-corrected chi connectivity index (χ1v) is 15.3. The maximum absolute atomic E-state index is 14.7. The molecular formula is C33H45N3O5. The van der Waals surface area contributed by atoms with Crippen LogP contribution in [0.2, 0.25) is 0 Å². The lowest BCUT2D eigenvalue weighted by molar-refractivity contribution is -0.157. The molecule has 1 aromatic carbocycles. The van der Waals surface area contributed by atoms with Gasteiger partial charge in [-0.1, -0.05) is 76.6 Å². The molecule has 2 saturated heterocycles. The number of carbonyl (C=O) groups excluding carboxylic acids is 3. The van der Waals surface area contributed by atoms with Crippen molar-refractivity contribution < 1.29 is 24.2 Å². The van der Waals surface area contributed by atoms with Crippen LogP contribution in [0.1, 0.15) is 60.3 Å². The predicted molar refractivity (Wildman–Crippen MR) is 158 cm³/mol. The molecule has 1 N–H and O–H groups in total. The molecule has 2 unspecified atom stereocenters. The average molecular weight is 564 g/mol. The molecule has 1 aromatic rings. The van der Waals surface area contributed by atoms with Gasteiger partial charge in [0, 0.05) is 24.8 Å². The Balaban J connectivity index is 1.68. The summed E-state index contributed by atoms with van der Waals surface area (Å²) in [6.07, 6.45) is 10.5. The fourth-order valence-electron chi connectivity index (χ4n) is 7.74. The van der Waals surface area contributed by atoms with Crippen molar-refractivity contribution in [1.82, 2.24) is 9.80 Å². The van der Waals surface area contributed by atoms with Crippen LogP contribution in [0.3, 0.4) is 0 Å². The number of aliphatic hydroxyl groups is 1. The molecule has 222 valence electrons. The van der Waals surface area contributed by atoms with Crippen LogP contribution in [0.5, 0.6) is 0 Å². The summed E-state index contributed by atoms with van der Waals surface area (Å²) in [5.74, 6) is -2.15. The van der Waals surface area contributed by atoms with Crippen molar-refractivity contribution in [1.29, 1.82) is 0 Å². The van der Waals surface area contributed by atoms with Crippen LogP contribution < -0.4 is 4.90 Å². The van der Waals surface area contributed by atoms with Crippen molar-refractivity contribution in [3.8, 4) is 0 Å². The molecule has 3 amide bonds. The Bertz CT molecular complexity index is 1210. The number of rotatable bonds is 9. The van der Waals surface area contributed by atoms with Crippen LogP contribution in [0.15, 0.2) is 54.6 Å². The minimum atomic E-state index is -1.32. The topological polar surface area (TPSA) is 90.4 Å². The quantitative estimate of drug-likeness (QED) is 0.460. The fraction of sp³-hybridized carbons (Fsp3) is 0.606. The molecule has 1 spiro atoms. The summed E-state index contributed by atoms with van der Waals surface area (Å²) in [4.78, 5) is 49.1. The molecule has 4 aliphatic rings. The summed E-state index contributed by atoms with van der Waals surface area (Å²) in [6.45, 7) is 10.7. The number of para-hydroxylation sites is 1. The molecule has 0 saturated carbocycles. The SMILES string of the molecule is CCCC(C)N1CC=C[C@]23O[C@@]4(CC)C=CCN(c5ccccc5)C(=O)[C@H]4[C@H]2C(=O)N([C@@H](CO)CC(C)C)C3C1=O. The molecule has 0 radical (unpaired) electrons. The Hall–Kier alpha value is -2.97. The number of hydrogen-bond acceptors (Lipinski definition) is 5. The summed E-state index contributed by atoms with van der Waals surface area (Å²) >= 11 is 0. The Kier molecular flexibility index (Phi) is 8.18. The molecule has 41 heavy (non-hydrogen) atoms. The zero-order valence-electron chi connectivity index (χ0n) is 25.0. The highest BCUT2D eigenvalue weighted by Crippen LogP contribution is 2.59. The highest BCUT2D eigenvalue weighted by atomic mass is 16.5. The Labute approximate surface area is 244 Å². The van der Waals surface area contributed by atoms with Crippen molar-refractivity contribution >= 4 is 23.4 Å². The van der Waals surface area contributed by atoms with Gasteiger partial charge in [-0.25, -0.2) is 0 Å². The van der Waals surface area contributed by atoms with Crippen LogP contribution >= 0.6 is 0 Å². The van der Waals surface area contributed by atoms with Gasteiger partial charge in [-0.15, -0.1) is 0 Å². The van der Waals surface area contributed by atoms with Crippen molar-refractivity contribution in [2.45, 2.75) is 89.6 Å². The summed E-state index contributed by atoms with van der Waals surface area (Å²) in [7, 11) is 0. The first-order valence-electron chi connectivity index (χ1n) is 15.3. The molecule has 5 rings (SSSR count). The number of likely N-dealkylation sites (tertiary alicyclic amines) is 1. The second-order valence-electron chi connectivity index (χ2n) is 12.6. The van der Waals surface area contributed by atoms with Gasteiger partial charge in [0.15, 0.2) is 0 Å². The van der Waals surface area contributed by atoms with Crippen LogP contribution in [0, 0.1) is 17.8 Å². The van der Waals surface area contributed by atoms with Crippen LogP contribution in [0.25, 0.3) is 0 Å². The maximum Gasteiger partial charge on any atom is 0.249 e. The number of aliphatic hydroxyl groups excluding tert-OH is 1. The Morgan fingerprint density at radius 3 is 2.29 bits per heavy atom. The van der Waals surface area contributed by atoms with E-state index in [1.165, 1.54) is 0 Å². The van der Waals surface area contributed by atoms with Crippen molar-refractivity contribution in [3.05, 3.63) is 54.6 Å². The van der Waals surface area contributed by atoms with Crippen molar-refractivity contribution in [2.75, 3.05) is 24.6 Å². The largest absolute Gasteiger partial charge is 0.394 e. The summed E-state index contributed by atoms with van der Waals surface area (Å²) in [5, 5.41) is 10.6. The predicted octanol–water partition coefficient (Wildman–Crippen LogP) is 3.94. The van der Waals surface area contributed by atoms with Gasteiger partial charge in [0.25, 0.3) is 0 Å². The number of fused-ring (bicyclic) bond motifs is 2. The van der Waals surface area contributed by atoms with Crippen LogP contribution in [-0.2, 0) is 19.1 Å². The van der Waals surface area contributed by atoms with Crippen molar-refractivity contribution in [2.24, 2.45) is 17.8 Å². The second-order valence-corrected chi connectivity index (χ2v) is 12.6. The number of anilines is 1. The lowest BCUT2D eigenvalue weighted by atomic mass is 9.73. The van der Waals surface area contributed by atoms with Gasteiger partial charge in [0.1, 0.15) is 11.6 Å². The zero-order valence-corrected chi connectivity index (χ0v) is 25.0. The van der Waals surface area contributed by atoms with E-state index in [4.69, 9.17) is 4.74 Å². The minimum absolute atomic E-state index is 0.0249. The first kappa shape index (κ1) is 29.5. The monoisotopic (exact) mass is 563 g/mol. The first-order chi connectivity index (χ1) is 19.7. The van der Waals surface area contributed by atoms with E-state index in [1.807, 2.05) is 87.2 Å². The minimum Gasteiger partial charge on any atom is -0.394 e. The number of amides is 3. The highest BCUT2D eigenvalue weighted by Gasteiger charge is 2.76. The summed E-state index contributed by atoms with van der Waals surface area (Å²) in [5.41, 5.74) is -1.60. The number of benzene rings is 1. The second kappa shape index (κ2) is 11.4. The van der Waals surface area contributed by atoms with Gasteiger partial charge in [-0.05, 0) is 44.2 Å². The van der Waals surface area contributed by atoms with Crippen LogP contribution in [0.4, 0.5) is 5.69 Å². The number of hydrogen-bond donors (Lipinski definition) is 1. The van der Waals surface area contributed by atoms with Crippen molar-refractivity contribution in [3.63, 3.8) is 0 Å². The molecule has 7 atom stereocenters. The van der Waals surface area contributed by atoms with Gasteiger partial charge in [0.2, 0.25) is 17.7 Å². The molecule has 4 heterocycles. The number of ether oxygens (including phenoxy) is 1. The summed E-state index contributed by atoms with van der Waals surface area (Å²) < 4.78 is 7.08. The van der Waals surface area contributed by atoms with E-state index in [0.29, 0.717) is 25.9 Å². The number of carbonyl (C=O) groups is 3. The lowest BCUT2D eigenvalue weighted by Gasteiger charge is -2.42. The third-order valence-corrected chi connectivity index (χ3v) is 9.56. The van der Waals surface area contributed by atoms with E-state index < -0.39 is 35.1 Å². The molecule has 2 fully saturated rings.